The fourth-order valence-corrected chi connectivity index (χ4v) is 2.52. The zero-order valence-corrected chi connectivity index (χ0v) is 12.3. The summed E-state index contributed by atoms with van der Waals surface area (Å²) in [6, 6.07) is 13.8. The highest BCUT2D eigenvalue weighted by Crippen LogP contribution is 2.18. The van der Waals surface area contributed by atoms with E-state index in [1.807, 2.05) is 25.1 Å². The fraction of sp³-hybridized carbons (Fsp3) is 0.333. The van der Waals surface area contributed by atoms with Gasteiger partial charge in [-0.15, -0.1) is 0 Å². The van der Waals surface area contributed by atoms with Gasteiger partial charge in [-0.1, -0.05) is 37.3 Å². The van der Waals surface area contributed by atoms with Crippen LogP contribution >= 0.6 is 0 Å². The summed E-state index contributed by atoms with van der Waals surface area (Å²) in [6.07, 6.45) is 1.38. The summed E-state index contributed by atoms with van der Waals surface area (Å²) in [5, 5.41) is 3.31. The second-order valence-corrected chi connectivity index (χ2v) is 5.30. The molecule has 0 aliphatic heterocycles. The van der Waals surface area contributed by atoms with E-state index in [1.165, 1.54) is 17.7 Å². The lowest BCUT2D eigenvalue weighted by atomic mass is 9.92. The van der Waals surface area contributed by atoms with E-state index in [-0.39, 0.29) is 17.6 Å². The van der Waals surface area contributed by atoms with Gasteiger partial charge in [0.25, 0.3) is 0 Å². The van der Waals surface area contributed by atoms with Crippen LogP contribution in [0.2, 0.25) is 0 Å². The number of nitrogens with one attached hydrogen (secondary N) is 1. The van der Waals surface area contributed by atoms with Crippen molar-refractivity contribution in [2.45, 2.75) is 19.8 Å². The van der Waals surface area contributed by atoms with Crippen LogP contribution in [0.25, 0.3) is 0 Å². The Hall–Kier alpha value is -1.74. The molecular formula is C18H21F2N. The summed E-state index contributed by atoms with van der Waals surface area (Å²) in [7, 11) is 0. The van der Waals surface area contributed by atoms with Crippen LogP contribution in [-0.4, -0.2) is 13.1 Å². The van der Waals surface area contributed by atoms with Crippen molar-refractivity contribution in [3.05, 3.63) is 71.3 Å². The number of halogens is 2. The smallest absolute Gasteiger partial charge is 0.126 e. The number of hydrogen-bond acceptors (Lipinski definition) is 1. The Morgan fingerprint density at radius 2 is 1.76 bits per heavy atom. The molecule has 2 rings (SSSR count). The molecule has 0 saturated heterocycles. The molecule has 0 spiro atoms. The van der Waals surface area contributed by atoms with Crippen LogP contribution in [0.1, 0.15) is 18.1 Å². The van der Waals surface area contributed by atoms with Crippen molar-refractivity contribution in [3.63, 3.8) is 0 Å². The molecule has 2 aromatic carbocycles. The molecule has 0 radical (unpaired) electrons. The first-order chi connectivity index (χ1) is 10.2. The Kier molecular flexibility index (Phi) is 5.88. The highest BCUT2D eigenvalue weighted by atomic mass is 19.1. The topological polar surface area (TPSA) is 12.0 Å². The van der Waals surface area contributed by atoms with Gasteiger partial charge >= 0.3 is 0 Å². The van der Waals surface area contributed by atoms with Gasteiger partial charge in [0.05, 0.1) is 0 Å². The quantitative estimate of drug-likeness (QED) is 0.813. The van der Waals surface area contributed by atoms with Crippen molar-refractivity contribution in [1.29, 1.82) is 0 Å². The van der Waals surface area contributed by atoms with Gasteiger partial charge in [-0.25, -0.2) is 8.78 Å². The number of benzene rings is 2. The van der Waals surface area contributed by atoms with Crippen molar-refractivity contribution in [2.75, 3.05) is 13.1 Å². The molecule has 0 fully saturated rings. The average molecular weight is 289 g/mol. The molecule has 21 heavy (non-hydrogen) atoms. The van der Waals surface area contributed by atoms with Gasteiger partial charge in [0.1, 0.15) is 11.6 Å². The van der Waals surface area contributed by atoms with E-state index in [0.29, 0.717) is 12.0 Å². The summed E-state index contributed by atoms with van der Waals surface area (Å²) in [4.78, 5) is 0. The van der Waals surface area contributed by atoms with E-state index < -0.39 is 0 Å². The van der Waals surface area contributed by atoms with Gasteiger partial charge in [0.2, 0.25) is 0 Å². The Bertz CT molecular complexity index is 554. The summed E-state index contributed by atoms with van der Waals surface area (Å²) in [6.45, 7) is 3.71. The molecule has 3 heteroatoms. The van der Waals surface area contributed by atoms with Crippen molar-refractivity contribution in [3.8, 4) is 0 Å². The standard InChI is InChI=1S/C18H21F2N/c1-2-21-13-15(10-14-6-4-3-5-7-14)11-16-12-17(19)8-9-18(16)20/h3-9,12,15,21H,2,10-11,13H2,1H3. The minimum absolute atomic E-state index is 0.239. The third-order valence-electron chi connectivity index (χ3n) is 3.57. The molecule has 0 heterocycles. The first-order valence-electron chi connectivity index (χ1n) is 7.37. The average Bonchev–Trinajstić information content (AvgIpc) is 2.49. The van der Waals surface area contributed by atoms with Crippen molar-refractivity contribution >= 4 is 0 Å². The van der Waals surface area contributed by atoms with Gasteiger partial charge < -0.3 is 5.32 Å². The van der Waals surface area contributed by atoms with Crippen LogP contribution in [0, 0.1) is 17.6 Å². The molecule has 1 unspecified atom stereocenters. The van der Waals surface area contributed by atoms with Gasteiger partial charge in [-0.3, -0.25) is 0 Å². The minimum Gasteiger partial charge on any atom is -0.317 e. The van der Waals surface area contributed by atoms with Crippen LogP contribution in [0.15, 0.2) is 48.5 Å². The monoisotopic (exact) mass is 289 g/mol. The van der Waals surface area contributed by atoms with Crippen LogP contribution in [0.5, 0.6) is 0 Å². The van der Waals surface area contributed by atoms with Crippen molar-refractivity contribution in [1.82, 2.24) is 5.32 Å². The van der Waals surface area contributed by atoms with Gasteiger partial charge in [-0.2, -0.15) is 0 Å². The number of rotatable bonds is 7. The molecular weight excluding hydrogens is 268 g/mol. The van der Waals surface area contributed by atoms with E-state index in [1.54, 1.807) is 0 Å². The first kappa shape index (κ1) is 15.6. The molecule has 112 valence electrons. The third-order valence-corrected chi connectivity index (χ3v) is 3.57. The van der Waals surface area contributed by atoms with E-state index >= 15 is 0 Å². The Morgan fingerprint density at radius 1 is 1.00 bits per heavy atom. The lowest BCUT2D eigenvalue weighted by Gasteiger charge is -2.18. The predicted molar refractivity (Wildman–Crippen MR) is 82.2 cm³/mol. The number of hydrogen-bond donors (Lipinski definition) is 1. The first-order valence-corrected chi connectivity index (χ1v) is 7.37. The van der Waals surface area contributed by atoms with Crippen molar-refractivity contribution in [2.24, 2.45) is 5.92 Å². The zero-order valence-electron chi connectivity index (χ0n) is 12.3. The predicted octanol–water partition coefficient (Wildman–Crippen LogP) is 3.98. The SMILES string of the molecule is CCNCC(Cc1ccccc1)Cc1cc(F)ccc1F. The van der Waals surface area contributed by atoms with Crippen LogP contribution in [-0.2, 0) is 12.8 Å². The largest absolute Gasteiger partial charge is 0.317 e. The summed E-state index contributed by atoms with van der Waals surface area (Å²) < 4.78 is 27.1. The summed E-state index contributed by atoms with van der Waals surface area (Å²) in [5.74, 6) is -0.470. The highest BCUT2D eigenvalue weighted by molar-refractivity contribution is 5.21. The van der Waals surface area contributed by atoms with E-state index in [0.717, 1.165) is 25.6 Å². The lowest BCUT2D eigenvalue weighted by molar-refractivity contribution is 0.465. The van der Waals surface area contributed by atoms with Crippen LogP contribution < -0.4 is 5.32 Å². The Labute approximate surface area is 125 Å². The maximum absolute atomic E-state index is 13.8. The zero-order chi connectivity index (χ0) is 15.1. The molecule has 0 amide bonds. The van der Waals surface area contributed by atoms with Crippen LogP contribution in [0.4, 0.5) is 8.78 Å². The molecule has 0 aromatic heterocycles. The molecule has 1 atom stereocenters. The second-order valence-electron chi connectivity index (χ2n) is 5.30. The Morgan fingerprint density at radius 3 is 2.48 bits per heavy atom. The molecule has 0 saturated carbocycles. The molecule has 0 bridgehead atoms. The van der Waals surface area contributed by atoms with E-state index in [9.17, 15) is 8.78 Å². The maximum atomic E-state index is 13.8. The van der Waals surface area contributed by atoms with Crippen molar-refractivity contribution < 1.29 is 8.78 Å². The molecule has 1 N–H and O–H groups in total. The van der Waals surface area contributed by atoms with E-state index in [4.69, 9.17) is 0 Å². The Balaban J connectivity index is 2.10. The van der Waals surface area contributed by atoms with Gasteiger partial charge in [0.15, 0.2) is 0 Å². The molecule has 1 nitrogen and oxygen atoms in total. The maximum Gasteiger partial charge on any atom is 0.126 e. The second kappa shape index (κ2) is 7.89. The molecule has 0 aliphatic carbocycles. The fourth-order valence-electron chi connectivity index (χ4n) is 2.52. The van der Waals surface area contributed by atoms with Gasteiger partial charge in [-0.05, 0) is 61.2 Å². The summed E-state index contributed by atoms with van der Waals surface area (Å²) >= 11 is 0. The minimum atomic E-state index is -0.381. The molecule has 0 aliphatic rings. The van der Waals surface area contributed by atoms with Crippen LogP contribution in [0.3, 0.4) is 0 Å². The third kappa shape index (κ3) is 4.94. The molecule has 2 aromatic rings. The highest BCUT2D eigenvalue weighted by Gasteiger charge is 2.14. The van der Waals surface area contributed by atoms with Gasteiger partial charge in [0, 0.05) is 0 Å². The van der Waals surface area contributed by atoms with E-state index in [2.05, 4.69) is 17.4 Å². The lowest BCUT2D eigenvalue weighted by Crippen LogP contribution is -2.26. The summed E-state index contributed by atoms with van der Waals surface area (Å²) in [5.41, 5.74) is 1.67. The normalized spacial score (nSPS) is 12.3.